The highest BCUT2D eigenvalue weighted by atomic mass is 19.1. The molecule has 0 bridgehead atoms. The van der Waals surface area contributed by atoms with Crippen molar-refractivity contribution in [3.8, 4) is 0 Å². The Balaban J connectivity index is 2.58. The van der Waals surface area contributed by atoms with Crippen LogP contribution in [0, 0.1) is 0 Å². The summed E-state index contributed by atoms with van der Waals surface area (Å²) in [5.74, 6) is 0. The van der Waals surface area contributed by atoms with E-state index >= 15 is 0 Å². The predicted octanol–water partition coefficient (Wildman–Crippen LogP) is -1.17. The molecule has 3 unspecified atom stereocenters. The van der Waals surface area contributed by atoms with Gasteiger partial charge in [0.25, 0.3) is 0 Å². The largest absolute Gasteiger partial charge is 0.393 e. The molecule has 12 heavy (non-hydrogen) atoms. The normalized spacial score (nSPS) is 44.8. The second kappa shape index (κ2) is 3.66. The summed E-state index contributed by atoms with van der Waals surface area (Å²) in [4.78, 5) is 0. The van der Waals surface area contributed by atoms with Gasteiger partial charge in [-0.05, 0) is 6.92 Å². The summed E-state index contributed by atoms with van der Waals surface area (Å²) >= 11 is 0. The Morgan fingerprint density at radius 2 is 2.00 bits per heavy atom. The molecule has 0 aliphatic carbocycles. The Morgan fingerprint density at radius 3 is 2.33 bits per heavy atom. The van der Waals surface area contributed by atoms with Crippen LogP contribution in [0.25, 0.3) is 0 Å². The van der Waals surface area contributed by atoms with Gasteiger partial charge in [0.15, 0.2) is 6.17 Å². The molecule has 0 radical (unpaired) electrons. The molecular formula is C7H13FO4. The van der Waals surface area contributed by atoms with Crippen molar-refractivity contribution in [1.29, 1.82) is 0 Å². The summed E-state index contributed by atoms with van der Waals surface area (Å²) in [6.45, 7) is 0.832. The van der Waals surface area contributed by atoms with Gasteiger partial charge in [0, 0.05) is 0 Å². The fourth-order valence-corrected chi connectivity index (χ4v) is 1.28. The molecule has 1 aliphatic rings. The summed E-state index contributed by atoms with van der Waals surface area (Å²) in [7, 11) is 0. The minimum atomic E-state index is -1.64. The first-order valence-electron chi connectivity index (χ1n) is 3.84. The number of rotatable bonds is 2. The number of halogens is 1. The lowest BCUT2D eigenvalue weighted by molar-refractivity contribution is -0.0471. The van der Waals surface area contributed by atoms with Gasteiger partial charge in [-0.1, -0.05) is 0 Å². The molecule has 0 saturated carbocycles. The van der Waals surface area contributed by atoms with Gasteiger partial charge < -0.3 is 20.1 Å². The molecule has 0 amide bonds. The van der Waals surface area contributed by atoms with E-state index in [0.717, 1.165) is 0 Å². The van der Waals surface area contributed by atoms with E-state index in [0.29, 0.717) is 0 Å². The van der Waals surface area contributed by atoms with Gasteiger partial charge in [-0.15, -0.1) is 0 Å². The molecule has 3 N–H and O–H groups in total. The summed E-state index contributed by atoms with van der Waals surface area (Å²) in [6, 6.07) is 0. The summed E-state index contributed by atoms with van der Waals surface area (Å²) < 4.78 is 17.7. The van der Waals surface area contributed by atoms with E-state index < -0.39 is 37.2 Å². The molecule has 1 rings (SSSR count). The van der Waals surface area contributed by atoms with Gasteiger partial charge in [0.1, 0.15) is 18.3 Å². The van der Waals surface area contributed by atoms with Gasteiger partial charge in [-0.2, -0.15) is 0 Å². The van der Waals surface area contributed by atoms with Crippen LogP contribution in [0.3, 0.4) is 0 Å². The molecular weight excluding hydrogens is 167 g/mol. The fourth-order valence-electron chi connectivity index (χ4n) is 1.28. The van der Waals surface area contributed by atoms with Crippen LogP contribution < -0.4 is 0 Å². The Hall–Kier alpha value is -0.230. The molecule has 0 aromatic heterocycles. The zero-order valence-electron chi connectivity index (χ0n) is 6.72. The van der Waals surface area contributed by atoms with Crippen molar-refractivity contribution < 1.29 is 24.4 Å². The molecule has 0 spiro atoms. The van der Waals surface area contributed by atoms with Crippen molar-refractivity contribution in [3.63, 3.8) is 0 Å². The molecule has 0 aromatic rings. The molecule has 0 aromatic carbocycles. The topological polar surface area (TPSA) is 69.9 Å². The highest BCUT2D eigenvalue weighted by Gasteiger charge is 2.44. The minimum Gasteiger partial charge on any atom is -0.393 e. The lowest BCUT2D eigenvalue weighted by atomic mass is 10.1. The second-order valence-corrected chi connectivity index (χ2v) is 2.99. The van der Waals surface area contributed by atoms with Gasteiger partial charge >= 0.3 is 0 Å². The molecule has 5 atom stereocenters. The third kappa shape index (κ3) is 1.59. The number of hydrogen-bond acceptors (Lipinski definition) is 4. The van der Waals surface area contributed by atoms with Crippen molar-refractivity contribution in [2.75, 3.05) is 6.61 Å². The highest BCUT2D eigenvalue weighted by molar-refractivity contribution is 4.92. The molecule has 1 heterocycles. The van der Waals surface area contributed by atoms with Crippen LogP contribution in [0.1, 0.15) is 6.92 Å². The second-order valence-electron chi connectivity index (χ2n) is 2.99. The van der Waals surface area contributed by atoms with E-state index in [1.165, 1.54) is 6.92 Å². The number of alkyl halides is 1. The number of aliphatic hydroxyl groups is 3. The van der Waals surface area contributed by atoms with E-state index in [2.05, 4.69) is 0 Å². The van der Waals surface area contributed by atoms with Gasteiger partial charge in [0.05, 0.1) is 12.7 Å². The van der Waals surface area contributed by atoms with Gasteiger partial charge in [0.2, 0.25) is 0 Å². The lowest BCUT2D eigenvalue weighted by Gasteiger charge is -2.16. The van der Waals surface area contributed by atoms with Crippen LogP contribution in [0.5, 0.6) is 0 Å². The average Bonchev–Trinajstić information content (AvgIpc) is 2.32. The molecule has 1 fully saturated rings. The lowest BCUT2D eigenvalue weighted by Crippen LogP contribution is -2.38. The van der Waals surface area contributed by atoms with Crippen LogP contribution in [-0.4, -0.2) is 52.5 Å². The number of ether oxygens (including phenoxy) is 1. The van der Waals surface area contributed by atoms with E-state index in [-0.39, 0.29) is 0 Å². The summed E-state index contributed by atoms with van der Waals surface area (Å²) in [5, 5.41) is 26.8. The molecule has 4 nitrogen and oxygen atoms in total. The van der Waals surface area contributed by atoms with E-state index in [4.69, 9.17) is 14.9 Å². The first-order chi connectivity index (χ1) is 5.57. The maximum absolute atomic E-state index is 12.8. The zero-order chi connectivity index (χ0) is 9.30. The minimum absolute atomic E-state index is 0.588. The summed E-state index contributed by atoms with van der Waals surface area (Å²) in [5.41, 5.74) is 0. The standard InChI is InChI=1S/C7H13FO4/c1-3-5(10)6(11)7(12-3)4(8)2-9/h3-7,9-11H,2H2,1H3/t3?,4?,5?,6-,7-/m1/s1. The van der Waals surface area contributed by atoms with Crippen molar-refractivity contribution in [1.82, 2.24) is 0 Å². The average molecular weight is 180 g/mol. The molecule has 5 heteroatoms. The maximum atomic E-state index is 12.8. The highest BCUT2D eigenvalue weighted by Crippen LogP contribution is 2.24. The predicted molar refractivity (Wildman–Crippen MR) is 38.3 cm³/mol. The van der Waals surface area contributed by atoms with Gasteiger partial charge in [-0.3, -0.25) is 0 Å². The number of aliphatic hydroxyl groups excluding tert-OH is 3. The van der Waals surface area contributed by atoms with Crippen LogP contribution in [0.2, 0.25) is 0 Å². The van der Waals surface area contributed by atoms with Crippen LogP contribution in [-0.2, 0) is 4.74 Å². The maximum Gasteiger partial charge on any atom is 0.152 e. The molecule has 1 aliphatic heterocycles. The van der Waals surface area contributed by atoms with Crippen LogP contribution in [0.15, 0.2) is 0 Å². The SMILES string of the molecule is CC1O[C@H](C(F)CO)[C@H](O)C1O. The van der Waals surface area contributed by atoms with Crippen molar-refractivity contribution >= 4 is 0 Å². The van der Waals surface area contributed by atoms with Crippen LogP contribution >= 0.6 is 0 Å². The van der Waals surface area contributed by atoms with Crippen molar-refractivity contribution in [2.45, 2.75) is 37.5 Å². The first-order valence-corrected chi connectivity index (χ1v) is 3.84. The van der Waals surface area contributed by atoms with E-state index in [1.54, 1.807) is 0 Å². The third-order valence-corrected chi connectivity index (χ3v) is 2.07. The Kier molecular flexibility index (Phi) is 3.00. The van der Waals surface area contributed by atoms with Gasteiger partial charge in [-0.25, -0.2) is 4.39 Å². The number of hydrogen-bond donors (Lipinski definition) is 3. The van der Waals surface area contributed by atoms with E-state index in [1.807, 2.05) is 0 Å². The Labute approximate surface area is 69.6 Å². The zero-order valence-corrected chi connectivity index (χ0v) is 6.72. The smallest absolute Gasteiger partial charge is 0.152 e. The van der Waals surface area contributed by atoms with Crippen molar-refractivity contribution in [2.24, 2.45) is 0 Å². The quantitative estimate of drug-likeness (QED) is 0.500. The summed E-state index contributed by atoms with van der Waals surface area (Å²) in [6.07, 6.45) is -5.66. The van der Waals surface area contributed by atoms with Crippen LogP contribution in [0.4, 0.5) is 4.39 Å². The first kappa shape index (κ1) is 9.85. The molecule has 1 saturated heterocycles. The van der Waals surface area contributed by atoms with E-state index in [9.17, 15) is 9.50 Å². The Bertz CT molecular complexity index is 154. The fraction of sp³-hybridized carbons (Fsp3) is 1.00. The van der Waals surface area contributed by atoms with Crippen molar-refractivity contribution in [3.05, 3.63) is 0 Å². The molecule has 72 valence electrons. The third-order valence-electron chi connectivity index (χ3n) is 2.07. The Morgan fingerprint density at radius 1 is 1.42 bits per heavy atom. The monoisotopic (exact) mass is 180 g/mol.